The second kappa shape index (κ2) is 12.5. The zero-order valence-electron chi connectivity index (χ0n) is 16.3. The van der Waals surface area contributed by atoms with Crippen LogP contribution in [-0.4, -0.2) is 55.4 Å². The Kier molecular flexibility index (Phi) is 11.2. The lowest BCUT2D eigenvalue weighted by Gasteiger charge is -2.22. The smallest absolute Gasteiger partial charge is 0.194 e. The van der Waals surface area contributed by atoms with Gasteiger partial charge < -0.3 is 20.1 Å². The van der Waals surface area contributed by atoms with Crippen LogP contribution in [0.5, 0.6) is 0 Å². The number of aliphatic hydroxyl groups is 1. The van der Waals surface area contributed by atoms with E-state index in [1.54, 1.807) is 0 Å². The molecule has 0 bridgehead atoms. The predicted octanol–water partition coefficient (Wildman–Crippen LogP) is 3.05. The largest absolute Gasteiger partial charge is 0.389 e. The molecule has 5 nitrogen and oxygen atoms in total. The van der Waals surface area contributed by atoms with Gasteiger partial charge >= 0.3 is 0 Å². The number of nitrogens with zero attached hydrogens (tertiary/aromatic N) is 2. The molecule has 0 amide bonds. The first-order chi connectivity index (χ1) is 12.1. The molecule has 1 unspecified atom stereocenters. The Bertz CT molecular complexity index is 532. The summed E-state index contributed by atoms with van der Waals surface area (Å²) in [6.45, 7) is 7.28. The first-order valence-electron chi connectivity index (χ1n) is 9.45. The molecule has 1 saturated carbocycles. The molecule has 1 fully saturated rings. The van der Waals surface area contributed by atoms with Crippen molar-refractivity contribution < 1.29 is 9.84 Å². The quantitative estimate of drug-likeness (QED) is 0.310. The minimum absolute atomic E-state index is 0. The normalized spacial score (nSPS) is 15.3. The van der Waals surface area contributed by atoms with Gasteiger partial charge in [0, 0.05) is 26.7 Å². The van der Waals surface area contributed by atoms with Crippen LogP contribution < -0.4 is 5.32 Å². The lowest BCUT2D eigenvalue weighted by Crippen LogP contribution is -2.39. The Morgan fingerprint density at radius 1 is 1.27 bits per heavy atom. The number of benzene rings is 1. The highest BCUT2D eigenvalue weighted by Crippen LogP contribution is 2.28. The molecule has 1 aromatic rings. The minimum atomic E-state index is -0.551. The summed E-state index contributed by atoms with van der Waals surface area (Å²) in [5.41, 5.74) is 2.60. The summed E-state index contributed by atoms with van der Waals surface area (Å²) in [7, 11) is 2.02. The van der Waals surface area contributed by atoms with Gasteiger partial charge in [0.15, 0.2) is 5.96 Å². The molecule has 1 aliphatic carbocycles. The maximum atomic E-state index is 10.1. The number of aryl methyl sites for hydroxylation is 1. The van der Waals surface area contributed by atoms with Gasteiger partial charge in [0.25, 0.3) is 0 Å². The van der Waals surface area contributed by atoms with Crippen molar-refractivity contribution >= 4 is 29.9 Å². The Balaban J connectivity index is 0.00000338. The summed E-state index contributed by atoms with van der Waals surface area (Å²) in [5, 5.41) is 13.3. The maximum absolute atomic E-state index is 10.1. The minimum Gasteiger partial charge on any atom is -0.389 e. The highest BCUT2D eigenvalue weighted by molar-refractivity contribution is 14.0. The van der Waals surface area contributed by atoms with E-state index in [0.717, 1.165) is 38.0 Å². The Morgan fingerprint density at radius 3 is 2.50 bits per heavy atom. The van der Waals surface area contributed by atoms with Crippen molar-refractivity contribution in [1.29, 1.82) is 0 Å². The molecule has 1 aliphatic rings. The van der Waals surface area contributed by atoms with Crippen LogP contribution in [0.3, 0.4) is 0 Å². The van der Waals surface area contributed by atoms with E-state index in [1.807, 2.05) is 7.05 Å². The van der Waals surface area contributed by atoms with E-state index in [-0.39, 0.29) is 24.0 Å². The molecule has 2 rings (SSSR count). The third-order valence-corrected chi connectivity index (χ3v) is 4.36. The average Bonchev–Trinajstić information content (AvgIpc) is 3.43. The van der Waals surface area contributed by atoms with Crippen molar-refractivity contribution in [3.63, 3.8) is 0 Å². The van der Waals surface area contributed by atoms with Crippen molar-refractivity contribution in [3.8, 4) is 0 Å². The first kappa shape index (κ1) is 23.2. The van der Waals surface area contributed by atoms with Gasteiger partial charge in [0.05, 0.1) is 19.3 Å². The van der Waals surface area contributed by atoms with E-state index in [2.05, 4.69) is 53.3 Å². The van der Waals surface area contributed by atoms with Crippen LogP contribution in [0.15, 0.2) is 29.3 Å². The SMILES string of the molecule is CCNC(=NCC(O)COCC1CC1)N(C)Cc1ccc(CC)cc1.I. The zero-order valence-corrected chi connectivity index (χ0v) is 18.6. The molecule has 0 aliphatic heterocycles. The van der Waals surface area contributed by atoms with Crippen molar-refractivity contribution in [1.82, 2.24) is 10.2 Å². The van der Waals surface area contributed by atoms with Crippen LogP contribution in [-0.2, 0) is 17.7 Å². The van der Waals surface area contributed by atoms with Gasteiger partial charge in [-0.1, -0.05) is 31.2 Å². The molecule has 0 heterocycles. The van der Waals surface area contributed by atoms with Gasteiger partial charge in [0.2, 0.25) is 0 Å². The van der Waals surface area contributed by atoms with Gasteiger partial charge in [-0.3, -0.25) is 4.99 Å². The number of rotatable bonds is 10. The number of hydrogen-bond donors (Lipinski definition) is 2. The molecule has 0 saturated heterocycles. The zero-order chi connectivity index (χ0) is 18.1. The number of guanidine groups is 1. The number of halogens is 1. The molecule has 6 heteroatoms. The van der Waals surface area contributed by atoms with Crippen molar-refractivity contribution in [2.24, 2.45) is 10.9 Å². The van der Waals surface area contributed by atoms with Gasteiger partial charge in [-0.2, -0.15) is 0 Å². The van der Waals surface area contributed by atoms with Crippen LogP contribution in [0.25, 0.3) is 0 Å². The lowest BCUT2D eigenvalue weighted by molar-refractivity contribution is 0.0367. The molecular formula is C20H34IN3O2. The standard InChI is InChI=1S/C20H33N3O2.HI/c1-4-16-6-8-17(9-7-16)13-23(3)20(21-5-2)22-12-19(24)15-25-14-18-10-11-18;/h6-9,18-19,24H,4-5,10-15H2,1-3H3,(H,21,22);1H. The van der Waals surface area contributed by atoms with Crippen molar-refractivity contribution in [3.05, 3.63) is 35.4 Å². The van der Waals surface area contributed by atoms with Gasteiger partial charge in [0.1, 0.15) is 0 Å². The fourth-order valence-corrected chi connectivity index (χ4v) is 2.60. The van der Waals surface area contributed by atoms with E-state index >= 15 is 0 Å². The van der Waals surface area contributed by atoms with Crippen LogP contribution in [0, 0.1) is 5.92 Å². The monoisotopic (exact) mass is 475 g/mol. The Hall–Kier alpha value is -0.860. The third kappa shape index (κ3) is 8.68. The van der Waals surface area contributed by atoms with Gasteiger partial charge in [-0.25, -0.2) is 0 Å². The Morgan fingerprint density at radius 2 is 1.92 bits per heavy atom. The van der Waals surface area contributed by atoms with E-state index in [9.17, 15) is 5.11 Å². The molecular weight excluding hydrogens is 441 g/mol. The second-order valence-electron chi connectivity index (χ2n) is 6.86. The van der Waals surface area contributed by atoms with Gasteiger partial charge in [-0.15, -0.1) is 24.0 Å². The summed E-state index contributed by atoms with van der Waals surface area (Å²) in [4.78, 5) is 6.64. The fourth-order valence-electron chi connectivity index (χ4n) is 2.60. The van der Waals surface area contributed by atoms with Crippen molar-refractivity contribution in [2.45, 2.75) is 45.8 Å². The molecule has 1 atom stereocenters. The molecule has 0 spiro atoms. The summed E-state index contributed by atoms with van der Waals surface area (Å²) in [5.74, 6) is 1.53. The maximum Gasteiger partial charge on any atom is 0.194 e. The van der Waals surface area contributed by atoms with Crippen LogP contribution >= 0.6 is 24.0 Å². The second-order valence-corrected chi connectivity index (χ2v) is 6.86. The summed E-state index contributed by atoms with van der Waals surface area (Å²) in [6, 6.07) is 8.68. The fraction of sp³-hybridized carbons (Fsp3) is 0.650. The van der Waals surface area contributed by atoms with E-state index in [0.29, 0.717) is 13.2 Å². The molecule has 1 aromatic carbocycles. The molecule has 148 valence electrons. The Labute approximate surface area is 175 Å². The average molecular weight is 475 g/mol. The number of ether oxygens (including phenoxy) is 1. The molecule has 26 heavy (non-hydrogen) atoms. The topological polar surface area (TPSA) is 57.1 Å². The first-order valence-corrected chi connectivity index (χ1v) is 9.45. The lowest BCUT2D eigenvalue weighted by atomic mass is 10.1. The van der Waals surface area contributed by atoms with Crippen LogP contribution in [0.1, 0.15) is 37.8 Å². The highest BCUT2D eigenvalue weighted by Gasteiger charge is 2.21. The number of nitrogens with one attached hydrogen (secondary N) is 1. The van der Waals surface area contributed by atoms with E-state index in [1.165, 1.54) is 24.0 Å². The molecule has 0 aromatic heterocycles. The van der Waals surface area contributed by atoms with E-state index in [4.69, 9.17) is 4.74 Å². The van der Waals surface area contributed by atoms with Gasteiger partial charge in [-0.05, 0) is 43.2 Å². The van der Waals surface area contributed by atoms with E-state index < -0.39 is 6.10 Å². The van der Waals surface area contributed by atoms with Crippen molar-refractivity contribution in [2.75, 3.05) is 33.4 Å². The molecule has 2 N–H and O–H groups in total. The molecule has 0 radical (unpaired) electrons. The van der Waals surface area contributed by atoms with Crippen LogP contribution in [0.2, 0.25) is 0 Å². The summed E-state index contributed by atoms with van der Waals surface area (Å²) >= 11 is 0. The summed E-state index contributed by atoms with van der Waals surface area (Å²) < 4.78 is 5.54. The summed E-state index contributed by atoms with van der Waals surface area (Å²) in [6.07, 6.45) is 3.04. The predicted molar refractivity (Wildman–Crippen MR) is 118 cm³/mol. The highest BCUT2D eigenvalue weighted by atomic mass is 127. The third-order valence-electron chi connectivity index (χ3n) is 4.36. The number of hydrogen-bond acceptors (Lipinski definition) is 3. The number of aliphatic hydroxyl groups excluding tert-OH is 1. The van der Waals surface area contributed by atoms with Crippen LogP contribution in [0.4, 0.5) is 0 Å². The number of aliphatic imine (C=N–C) groups is 1.